The fourth-order valence-corrected chi connectivity index (χ4v) is 3.82. The molecule has 1 aromatic carbocycles. The molecule has 0 atom stereocenters. The van der Waals surface area contributed by atoms with E-state index in [0.717, 1.165) is 0 Å². The van der Waals surface area contributed by atoms with E-state index in [1.807, 2.05) is 4.90 Å². The molecule has 0 aliphatic carbocycles. The molecule has 0 unspecified atom stereocenters. The maximum Gasteiger partial charge on any atom is 0.360 e. The Balaban J connectivity index is 1.88. The van der Waals surface area contributed by atoms with Crippen molar-refractivity contribution in [1.82, 2.24) is 14.9 Å². The van der Waals surface area contributed by atoms with Gasteiger partial charge >= 0.3 is 11.9 Å². The Morgan fingerprint density at radius 2 is 1.59 bits per heavy atom. The van der Waals surface area contributed by atoms with Crippen LogP contribution in [0.25, 0.3) is 11.0 Å². The summed E-state index contributed by atoms with van der Waals surface area (Å²) in [5, 5.41) is 0.630. The normalized spacial score (nSPS) is 14.4. The molecule has 3 rings (SSSR count). The van der Waals surface area contributed by atoms with Gasteiger partial charge in [-0.25, -0.2) is 14.8 Å². The van der Waals surface area contributed by atoms with Gasteiger partial charge in [0, 0.05) is 33.1 Å². The van der Waals surface area contributed by atoms with Gasteiger partial charge < -0.3 is 19.3 Å². The molecule has 1 amide bonds. The van der Waals surface area contributed by atoms with Crippen LogP contribution in [-0.2, 0) is 19.1 Å². The van der Waals surface area contributed by atoms with Gasteiger partial charge in [0.05, 0.1) is 27.7 Å². The van der Waals surface area contributed by atoms with Gasteiger partial charge in [-0.2, -0.15) is 0 Å². The van der Waals surface area contributed by atoms with E-state index in [0.29, 0.717) is 53.1 Å². The lowest BCUT2D eigenvalue weighted by atomic mass is 10.1. The van der Waals surface area contributed by atoms with E-state index in [1.165, 1.54) is 6.92 Å². The number of nitrogens with zero attached hydrogens (tertiary/aromatic N) is 4. The Kier molecular flexibility index (Phi) is 7.09. The molecule has 0 N–H and O–H groups in total. The lowest BCUT2D eigenvalue weighted by Crippen LogP contribution is -2.55. The van der Waals surface area contributed by atoms with Gasteiger partial charge in [0.2, 0.25) is 0 Å². The topological polar surface area (TPSA) is 102 Å². The summed E-state index contributed by atoms with van der Waals surface area (Å²) in [5.41, 5.74) is -0.291. The third-order valence-corrected chi connectivity index (χ3v) is 5.66. The fourth-order valence-electron chi connectivity index (χ4n) is 3.50. The van der Waals surface area contributed by atoms with Crippen LogP contribution < -0.4 is 4.90 Å². The average molecular weight is 483 g/mol. The minimum Gasteiger partial charge on any atom is -0.461 e. The van der Waals surface area contributed by atoms with E-state index in [-0.39, 0.29) is 18.2 Å². The van der Waals surface area contributed by atoms with Crippen LogP contribution in [0.3, 0.4) is 0 Å². The van der Waals surface area contributed by atoms with E-state index in [9.17, 15) is 14.4 Å². The van der Waals surface area contributed by atoms with Crippen LogP contribution in [0.1, 0.15) is 38.2 Å². The zero-order valence-corrected chi connectivity index (χ0v) is 19.8. The molecule has 1 aliphatic rings. The average Bonchev–Trinajstić information content (AvgIpc) is 2.72. The maximum atomic E-state index is 12.8. The monoisotopic (exact) mass is 482 g/mol. The predicted octanol–water partition coefficient (Wildman–Crippen LogP) is 3.10. The van der Waals surface area contributed by atoms with Gasteiger partial charge in [-0.05, 0) is 32.9 Å². The number of carbonyl (C=O) groups excluding carboxylic acids is 3. The molecule has 32 heavy (non-hydrogen) atoms. The Bertz CT molecular complexity index is 1070. The zero-order valence-electron chi connectivity index (χ0n) is 18.3. The molecule has 2 heterocycles. The summed E-state index contributed by atoms with van der Waals surface area (Å²) in [5.74, 6) is -1.06. The molecule has 1 fully saturated rings. The van der Waals surface area contributed by atoms with Gasteiger partial charge in [0.15, 0.2) is 17.1 Å². The van der Waals surface area contributed by atoms with E-state index < -0.39 is 17.5 Å². The summed E-state index contributed by atoms with van der Waals surface area (Å²) < 4.78 is 10.3. The summed E-state index contributed by atoms with van der Waals surface area (Å²) in [7, 11) is 0. The van der Waals surface area contributed by atoms with Gasteiger partial charge in [-0.1, -0.05) is 23.2 Å². The molecule has 0 spiro atoms. The number of piperazine rings is 1. The Morgan fingerprint density at radius 1 is 1.03 bits per heavy atom. The number of hydrogen-bond acceptors (Lipinski definition) is 8. The van der Waals surface area contributed by atoms with Gasteiger partial charge in [0.25, 0.3) is 5.91 Å². The minimum absolute atomic E-state index is 0.0674. The van der Waals surface area contributed by atoms with Crippen LogP contribution in [0.15, 0.2) is 12.1 Å². The number of benzene rings is 1. The molecule has 0 bridgehead atoms. The van der Waals surface area contributed by atoms with Crippen LogP contribution in [0.2, 0.25) is 10.0 Å². The molecule has 1 saturated heterocycles. The van der Waals surface area contributed by atoms with Crippen LogP contribution in [0, 0.1) is 0 Å². The van der Waals surface area contributed by atoms with Crippen LogP contribution in [0.5, 0.6) is 0 Å². The highest BCUT2D eigenvalue weighted by Gasteiger charge is 2.37. The van der Waals surface area contributed by atoms with Crippen molar-refractivity contribution in [3.8, 4) is 0 Å². The number of anilines is 1. The maximum absolute atomic E-state index is 12.8. The number of halogens is 2. The van der Waals surface area contributed by atoms with E-state index >= 15 is 0 Å². The summed E-state index contributed by atoms with van der Waals surface area (Å²) in [6.45, 7) is 7.79. The number of amides is 1. The largest absolute Gasteiger partial charge is 0.461 e. The zero-order chi connectivity index (χ0) is 23.6. The molecule has 172 valence electrons. The molecule has 0 radical (unpaired) electrons. The summed E-state index contributed by atoms with van der Waals surface area (Å²) >= 11 is 12.2. The van der Waals surface area contributed by atoms with Gasteiger partial charge in [-0.15, -0.1) is 0 Å². The van der Waals surface area contributed by atoms with Crippen LogP contribution >= 0.6 is 23.2 Å². The first-order valence-corrected chi connectivity index (χ1v) is 10.9. The summed E-state index contributed by atoms with van der Waals surface area (Å²) in [6.07, 6.45) is 0. The smallest absolute Gasteiger partial charge is 0.360 e. The second kappa shape index (κ2) is 9.46. The molecule has 1 aliphatic heterocycles. The molecular formula is C21H24Cl2N4O5. The first-order valence-electron chi connectivity index (χ1n) is 10.1. The van der Waals surface area contributed by atoms with Crippen LogP contribution in [0.4, 0.5) is 5.82 Å². The van der Waals surface area contributed by atoms with Crippen molar-refractivity contribution in [2.24, 2.45) is 0 Å². The predicted molar refractivity (Wildman–Crippen MR) is 120 cm³/mol. The quantitative estimate of drug-likeness (QED) is 0.598. The highest BCUT2D eigenvalue weighted by molar-refractivity contribution is 6.42. The Labute approximate surface area is 195 Å². The first-order chi connectivity index (χ1) is 15.0. The third kappa shape index (κ3) is 5.05. The number of rotatable bonds is 5. The molecule has 11 heteroatoms. The van der Waals surface area contributed by atoms with Crippen molar-refractivity contribution in [2.45, 2.75) is 33.3 Å². The number of carbonyl (C=O) groups is 3. The second-order valence-electron chi connectivity index (χ2n) is 7.75. The lowest BCUT2D eigenvalue weighted by molar-refractivity contribution is -0.168. The number of aromatic nitrogens is 2. The lowest BCUT2D eigenvalue weighted by Gasteiger charge is -2.38. The number of hydrogen-bond donors (Lipinski definition) is 0. The second-order valence-corrected chi connectivity index (χ2v) is 8.57. The van der Waals surface area contributed by atoms with E-state index in [2.05, 4.69) is 9.97 Å². The number of esters is 2. The van der Waals surface area contributed by atoms with E-state index in [1.54, 1.807) is 37.8 Å². The van der Waals surface area contributed by atoms with Gasteiger partial charge in [-0.3, -0.25) is 9.59 Å². The Morgan fingerprint density at radius 3 is 2.12 bits per heavy atom. The number of ether oxygens (including phenoxy) is 2. The van der Waals surface area contributed by atoms with Crippen molar-refractivity contribution in [3.63, 3.8) is 0 Å². The van der Waals surface area contributed by atoms with Crippen molar-refractivity contribution in [2.75, 3.05) is 37.7 Å². The highest BCUT2D eigenvalue weighted by atomic mass is 35.5. The minimum atomic E-state index is -1.26. The number of fused-ring (bicyclic) bond motifs is 1. The summed E-state index contributed by atoms with van der Waals surface area (Å²) in [4.78, 5) is 49.2. The Hall–Kier alpha value is -2.65. The molecule has 2 aromatic rings. The van der Waals surface area contributed by atoms with Crippen molar-refractivity contribution < 1.29 is 23.9 Å². The van der Waals surface area contributed by atoms with Crippen molar-refractivity contribution in [3.05, 3.63) is 27.9 Å². The molecule has 1 aromatic heterocycles. The molecule has 0 saturated carbocycles. The third-order valence-electron chi connectivity index (χ3n) is 4.94. The van der Waals surface area contributed by atoms with Crippen LogP contribution in [-0.4, -0.2) is 71.1 Å². The van der Waals surface area contributed by atoms with Crippen molar-refractivity contribution >= 4 is 57.9 Å². The standard InChI is InChI=1S/C21H24Cl2N4O5/c1-5-31-19(29)17-18(25-16-11-14(23)13(22)10-15(16)24-17)26-6-8-27(9-7-26)20(30)21(3,4)32-12(2)28/h10-11H,5-9H2,1-4H3. The fraction of sp³-hybridized carbons (Fsp3) is 0.476. The van der Waals surface area contributed by atoms with E-state index in [4.69, 9.17) is 32.7 Å². The highest BCUT2D eigenvalue weighted by Crippen LogP contribution is 2.29. The summed E-state index contributed by atoms with van der Waals surface area (Å²) in [6, 6.07) is 3.14. The molecule has 9 nitrogen and oxygen atoms in total. The van der Waals surface area contributed by atoms with Gasteiger partial charge in [0.1, 0.15) is 0 Å². The SMILES string of the molecule is CCOC(=O)c1nc2cc(Cl)c(Cl)cc2nc1N1CCN(C(=O)C(C)(C)OC(C)=O)CC1. The first kappa shape index (κ1) is 24.0. The van der Waals surface area contributed by atoms with Crippen molar-refractivity contribution in [1.29, 1.82) is 0 Å². The molecular weight excluding hydrogens is 459 g/mol.